The maximum Gasteiger partial charge on any atom is 0.310 e. The van der Waals surface area contributed by atoms with Gasteiger partial charge in [-0.15, -0.1) is 11.8 Å². The van der Waals surface area contributed by atoms with Crippen LogP contribution in [0.15, 0.2) is 18.2 Å². The number of carbonyl (C=O) groups is 3. The summed E-state index contributed by atoms with van der Waals surface area (Å²) < 4.78 is 4.59. The van der Waals surface area contributed by atoms with Crippen LogP contribution in [0.5, 0.6) is 0 Å². The predicted octanol–water partition coefficient (Wildman–Crippen LogP) is 3.50. The van der Waals surface area contributed by atoms with E-state index in [1.165, 1.54) is 0 Å². The second-order valence-electron chi connectivity index (χ2n) is 9.97. The second-order valence-corrected chi connectivity index (χ2v) is 11.9. The number of hydrogen-bond acceptors (Lipinski definition) is 6. The van der Waals surface area contributed by atoms with Crippen LogP contribution in [0, 0.1) is 30.6 Å². The highest BCUT2D eigenvalue weighted by atomic mass is 35.5. The Bertz CT molecular complexity index is 983. The van der Waals surface area contributed by atoms with Gasteiger partial charge in [-0.3, -0.25) is 14.4 Å². The van der Waals surface area contributed by atoms with Gasteiger partial charge in [0, 0.05) is 5.25 Å². The smallest absolute Gasteiger partial charge is 0.310 e. The van der Waals surface area contributed by atoms with Crippen LogP contribution in [0.3, 0.4) is 0 Å². The van der Waals surface area contributed by atoms with E-state index in [9.17, 15) is 19.5 Å². The summed E-state index contributed by atoms with van der Waals surface area (Å²) in [4.78, 5) is 42.6. The van der Waals surface area contributed by atoms with Gasteiger partial charge in [0.2, 0.25) is 11.8 Å². The van der Waals surface area contributed by atoms with Gasteiger partial charge in [-0.25, -0.2) is 0 Å². The number of esters is 1. The van der Waals surface area contributed by atoms with Crippen LogP contribution in [-0.2, 0) is 19.1 Å². The highest BCUT2D eigenvalue weighted by Crippen LogP contribution is 2.69. The van der Waals surface area contributed by atoms with Crippen LogP contribution in [0.1, 0.15) is 39.7 Å². The third-order valence-electron chi connectivity index (χ3n) is 7.77. The molecule has 3 fully saturated rings. The Morgan fingerprint density at radius 3 is 2.68 bits per heavy atom. The summed E-state index contributed by atoms with van der Waals surface area (Å²) in [5.74, 6) is -2.27. The lowest BCUT2D eigenvalue weighted by Crippen LogP contribution is -2.57. The van der Waals surface area contributed by atoms with E-state index in [1.54, 1.807) is 29.7 Å². The Balaban J connectivity index is 1.82. The summed E-state index contributed by atoms with van der Waals surface area (Å²) in [6.07, 6.45) is 0.728. The molecule has 9 heteroatoms. The zero-order chi connectivity index (χ0) is 24.9. The summed E-state index contributed by atoms with van der Waals surface area (Å²) in [7, 11) is 0. The zero-order valence-corrected chi connectivity index (χ0v) is 21.8. The van der Waals surface area contributed by atoms with Crippen LogP contribution in [-0.4, -0.2) is 63.1 Å². The number of rotatable bonds is 7. The number of hydrogen-bond donors (Lipinski definition) is 2. The number of thioether (sulfide) groups is 1. The Morgan fingerprint density at radius 1 is 1.38 bits per heavy atom. The topological polar surface area (TPSA) is 95.9 Å². The number of amides is 2. The number of ether oxygens (including phenoxy) is 1. The molecule has 2 N–H and O–H groups in total. The Kier molecular flexibility index (Phi) is 6.97. The number of benzene rings is 1. The quantitative estimate of drug-likeness (QED) is 0.547. The Hall–Kier alpha value is -1.77. The molecule has 0 saturated carbocycles. The summed E-state index contributed by atoms with van der Waals surface area (Å²) in [5, 5.41) is 13.6. The molecular weight excluding hydrogens is 476 g/mol. The number of aliphatic hydroxyl groups is 1. The number of para-hydroxylation sites is 1. The summed E-state index contributed by atoms with van der Waals surface area (Å²) in [6, 6.07) is 3.99. The first kappa shape index (κ1) is 25.3. The lowest BCUT2D eigenvalue weighted by molar-refractivity contribution is -0.154. The SMILES string of the molecule is CCOC(=O)[C@@H]1[C@@H]2CC(C)C3(S2)C(C(=O)Nc2c(C)cccc2Cl)N([C@@H](CO)C(C)C)C(=O)[C@H]13. The van der Waals surface area contributed by atoms with Crippen molar-refractivity contribution < 1.29 is 24.2 Å². The van der Waals surface area contributed by atoms with Crippen molar-refractivity contribution in [2.75, 3.05) is 18.5 Å². The molecule has 2 amide bonds. The molecule has 3 aliphatic rings. The fourth-order valence-corrected chi connectivity index (χ4v) is 8.89. The minimum absolute atomic E-state index is 0.0294. The van der Waals surface area contributed by atoms with E-state index < -0.39 is 28.7 Å². The highest BCUT2D eigenvalue weighted by molar-refractivity contribution is 8.02. The second kappa shape index (κ2) is 9.36. The van der Waals surface area contributed by atoms with Gasteiger partial charge in [-0.05, 0) is 43.7 Å². The molecule has 1 spiro atoms. The first-order valence-corrected chi connectivity index (χ1v) is 13.2. The zero-order valence-electron chi connectivity index (χ0n) is 20.2. The molecule has 1 aromatic carbocycles. The molecular formula is C25H33ClN2O5S. The van der Waals surface area contributed by atoms with E-state index in [4.69, 9.17) is 16.3 Å². The molecule has 0 radical (unpaired) electrons. The van der Waals surface area contributed by atoms with E-state index in [1.807, 2.05) is 32.9 Å². The van der Waals surface area contributed by atoms with Gasteiger partial charge >= 0.3 is 5.97 Å². The molecule has 1 aromatic rings. The molecule has 3 unspecified atom stereocenters. The third-order valence-corrected chi connectivity index (χ3v) is 10.2. The van der Waals surface area contributed by atoms with E-state index in [0.29, 0.717) is 10.7 Å². The van der Waals surface area contributed by atoms with Crippen molar-refractivity contribution in [2.45, 2.75) is 63.1 Å². The van der Waals surface area contributed by atoms with E-state index in [-0.39, 0.29) is 48.1 Å². The average molecular weight is 509 g/mol. The Labute approximate surface area is 209 Å². The van der Waals surface area contributed by atoms with Crippen LogP contribution < -0.4 is 5.32 Å². The van der Waals surface area contributed by atoms with Gasteiger partial charge in [-0.1, -0.05) is 44.5 Å². The fourth-order valence-electron chi connectivity index (χ4n) is 6.22. The summed E-state index contributed by atoms with van der Waals surface area (Å²) in [5.41, 5.74) is 1.33. The van der Waals surface area contributed by atoms with Crippen molar-refractivity contribution in [3.05, 3.63) is 28.8 Å². The molecule has 186 valence electrons. The number of nitrogens with one attached hydrogen (secondary N) is 1. The van der Waals surface area contributed by atoms with Crippen molar-refractivity contribution in [1.82, 2.24) is 4.90 Å². The summed E-state index contributed by atoms with van der Waals surface area (Å²) in [6.45, 7) is 9.48. The van der Waals surface area contributed by atoms with Gasteiger partial charge in [0.1, 0.15) is 6.04 Å². The number of likely N-dealkylation sites (tertiary alicyclic amines) is 1. The average Bonchev–Trinajstić information content (AvgIpc) is 3.35. The summed E-state index contributed by atoms with van der Waals surface area (Å²) >= 11 is 7.98. The molecule has 34 heavy (non-hydrogen) atoms. The number of carbonyl (C=O) groups excluding carboxylic acids is 3. The number of halogens is 1. The molecule has 7 atom stereocenters. The van der Waals surface area contributed by atoms with Gasteiger partial charge < -0.3 is 20.1 Å². The van der Waals surface area contributed by atoms with Crippen LogP contribution in [0.2, 0.25) is 5.02 Å². The maximum atomic E-state index is 14.0. The van der Waals surface area contributed by atoms with Crippen molar-refractivity contribution in [2.24, 2.45) is 23.7 Å². The van der Waals surface area contributed by atoms with Crippen molar-refractivity contribution in [3.8, 4) is 0 Å². The van der Waals surface area contributed by atoms with Crippen molar-refractivity contribution >= 4 is 46.8 Å². The molecule has 3 heterocycles. The molecule has 2 bridgehead atoms. The number of fused-ring (bicyclic) bond motifs is 1. The first-order chi connectivity index (χ1) is 16.1. The van der Waals surface area contributed by atoms with Crippen LogP contribution >= 0.6 is 23.4 Å². The molecule has 3 aliphatic heterocycles. The van der Waals surface area contributed by atoms with Crippen molar-refractivity contribution in [3.63, 3.8) is 0 Å². The van der Waals surface area contributed by atoms with Gasteiger partial charge in [0.05, 0.1) is 46.5 Å². The maximum absolute atomic E-state index is 14.0. The van der Waals surface area contributed by atoms with E-state index in [2.05, 4.69) is 12.2 Å². The third kappa shape index (κ3) is 3.64. The molecule has 7 nitrogen and oxygen atoms in total. The monoisotopic (exact) mass is 508 g/mol. The lowest BCUT2D eigenvalue weighted by Gasteiger charge is -2.40. The van der Waals surface area contributed by atoms with E-state index in [0.717, 1.165) is 12.0 Å². The molecule has 0 aromatic heterocycles. The highest BCUT2D eigenvalue weighted by Gasteiger charge is 2.77. The van der Waals surface area contributed by atoms with Crippen molar-refractivity contribution in [1.29, 1.82) is 0 Å². The number of aryl methyl sites for hydroxylation is 1. The number of anilines is 1. The minimum atomic E-state index is -0.843. The first-order valence-electron chi connectivity index (χ1n) is 11.9. The van der Waals surface area contributed by atoms with Gasteiger partial charge in [0.25, 0.3) is 0 Å². The fraction of sp³-hybridized carbons (Fsp3) is 0.640. The van der Waals surface area contributed by atoms with Gasteiger partial charge in [-0.2, -0.15) is 0 Å². The Morgan fingerprint density at radius 2 is 2.09 bits per heavy atom. The number of nitrogens with zero attached hydrogens (tertiary/aromatic N) is 1. The minimum Gasteiger partial charge on any atom is -0.466 e. The van der Waals surface area contributed by atoms with Crippen LogP contribution in [0.25, 0.3) is 0 Å². The van der Waals surface area contributed by atoms with E-state index >= 15 is 0 Å². The lowest BCUT2D eigenvalue weighted by atomic mass is 9.66. The molecule has 4 rings (SSSR count). The molecule has 3 saturated heterocycles. The standard InChI is InChI=1S/C25H33ClN2O5S/c1-6-33-24(32)18-17-10-14(5)25(34-17)19(18)23(31)28(16(11-29)12(2)3)21(25)22(30)27-20-13(4)8-7-9-15(20)26/h7-9,12,14,16-19,21,29H,6,10-11H2,1-5H3,(H,27,30)/t14?,16-,17-,18+,19-,21?,25?/m0/s1. The number of aliphatic hydroxyl groups excluding tert-OH is 1. The largest absolute Gasteiger partial charge is 0.466 e. The van der Waals surface area contributed by atoms with Crippen LogP contribution in [0.4, 0.5) is 5.69 Å². The van der Waals surface area contributed by atoms with Gasteiger partial charge in [0.15, 0.2) is 0 Å². The normalized spacial score (nSPS) is 32.8. The molecule has 0 aliphatic carbocycles. The predicted molar refractivity (Wildman–Crippen MR) is 133 cm³/mol.